The Kier molecular flexibility index (Phi) is 4.22. The van der Waals surface area contributed by atoms with E-state index in [2.05, 4.69) is 4.74 Å². The summed E-state index contributed by atoms with van der Waals surface area (Å²) in [6, 6.07) is 8.55. The van der Waals surface area contributed by atoms with Gasteiger partial charge in [0.25, 0.3) is 0 Å². The molecule has 0 aliphatic rings. The van der Waals surface area contributed by atoms with E-state index in [1.54, 1.807) is 31.2 Å². The van der Waals surface area contributed by atoms with Crippen LogP contribution in [-0.2, 0) is 20.7 Å². The molecular weight excluding hydrogens is 206 g/mol. The fourth-order valence-electron chi connectivity index (χ4n) is 1.22. The van der Waals surface area contributed by atoms with Gasteiger partial charge in [0, 0.05) is 6.42 Å². The number of nitrogens with zero attached hydrogens (tertiary/aromatic N) is 1. The Labute approximate surface area is 93.5 Å². The van der Waals surface area contributed by atoms with E-state index in [1.165, 1.54) is 0 Å². The molecule has 1 aromatic rings. The lowest BCUT2D eigenvalue weighted by Crippen LogP contribution is -2.19. The molecule has 0 aliphatic carbocycles. The Bertz CT molecular complexity index is 446. The quantitative estimate of drug-likeness (QED) is 0.562. The Morgan fingerprint density at radius 2 is 2.19 bits per heavy atom. The Hall–Kier alpha value is -2.15. The number of carbonyl (C=O) groups excluding carboxylic acids is 2. The summed E-state index contributed by atoms with van der Waals surface area (Å²) >= 11 is 0. The number of hydrogen-bond acceptors (Lipinski definition) is 4. The van der Waals surface area contributed by atoms with Gasteiger partial charge in [-0.3, -0.25) is 4.79 Å². The van der Waals surface area contributed by atoms with E-state index in [9.17, 15) is 9.59 Å². The molecule has 0 fully saturated rings. The molecule has 4 heteroatoms. The van der Waals surface area contributed by atoms with Crippen molar-refractivity contribution >= 4 is 11.8 Å². The molecular formula is C12H11NO3. The van der Waals surface area contributed by atoms with Gasteiger partial charge in [-0.1, -0.05) is 12.1 Å². The van der Waals surface area contributed by atoms with Crippen molar-refractivity contribution in [3.8, 4) is 6.07 Å². The van der Waals surface area contributed by atoms with Crippen molar-refractivity contribution in [2.24, 2.45) is 0 Å². The molecule has 0 saturated heterocycles. The number of ketones is 1. The van der Waals surface area contributed by atoms with E-state index < -0.39 is 11.8 Å². The Balaban J connectivity index is 2.70. The Morgan fingerprint density at radius 3 is 2.81 bits per heavy atom. The van der Waals surface area contributed by atoms with Crippen LogP contribution in [0.3, 0.4) is 0 Å². The molecule has 0 heterocycles. The third-order valence-electron chi connectivity index (χ3n) is 1.92. The summed E-state index contributed by atoms with van der Waals surface area (Å²) in [4.78, 5) is 22.4. The minimum Gasteiger partial charge on any atom is -0.460 e. The molecule has 0 aliphatic heterocycles. The van der Waals surface area contributed by atoms with Crippen molar-refractivity contribution in [1.82, 2.24) is 0 Å². The molecule has 0 radical (unpaired) electrons. The highest BCUT2D eigenvalue weighted by molar-refractivity contribution is 6.34. The number of Topliss-reactive ketones (excluding diaryl/α,β-unsaturated/α-hetero) is 1. The summed E-state index contributed by atoms with van der Waals surface area (Å²) < 4.78 is 4.58. The number of hydrogen-bond donors (Lipinski definition) is 0. The average Bonchev–Trinajstić information content (AvgIpc) is 2.29. The van der Waals surface area contributed by atoms with Crippen molar-refractivity contribution in [3.63, 3.8) is 0 Å². The van der Waals surface area contributed by atoms with E-state index in [-0.39, 0.29) is 13.0 Å². The number of ether oxygens (including phenoxy) is 1. The molecule has 0 aromatic heterocycles. The van der Waals surface area contributed by atoms with E-state index in [1.807, 2.05) is 6.07 Å². The summed E-state index contributed by atoms with van der Waals surface area (Å²) in [6.45, 7) is 1.82. The lowest BCUT2D eigenvalue weighted by atomic mass is 10.1. The second-order valence-corrected chi connectivity index (χ2v) is 3.13. The third-order valence-corrected chi connectivity index (χ3v) is 1.92. The summed E-state index contributed by atoms with van der Waals surface area (Å²) in [5.74, 6) is -1.43. The van der Waals surface area contributed by atoms with Gasteiger partial charge in [0.05, 0.1) is 18.2 Å². The maximum atomic E-state index is 11.3. The molecule has 0 amide bonds. The predicted octanol–water partition coefficient (Wildman–Crippen LogP) is 1.23. The molecule has 1 rings (SSSR count). The van der Waals surface area contributed by atoms with Crippen molar-refractivity contribution in [1.29, 1.82) is 5.26 Å². The van der Waals surface area contributed by atoms with Crippen LogP contribution < -0.4 is 0 Å². The molecule has 82 valence electrons. The van der Waals surface area contributed by atoms with Gasteiger partial charge in [0.2, 0.25) is 5.78 Å². The van der Waals surface area contributed by atoms with Crippen LogP contribution in [0.4, 0.5) is 0 Å². The van der Waals surface area contributed by atoms with Gasteiger partial charge >= 0.3 is 5.97 Å². The predicted molar refractivity (Wildman–Crippen MR) is 56.5 cm³/mol. The number of benzene rings is 1. The number of nitriles is 1. The van der Waals surface area contributed by atoms with E-state index >= 15 is 0 Å². The number of carbonyl (C=O) groups is 2. The first-order valence-corrected chi connectivity index (χ1v) is 4.86. The van der Waals surface area contributed by atoms with Crippen LogP contribution in [0.1, 0.15) is 18.1 Å². The second-order valence-electron chi connectivity index (χ2n) is 3.13. The van der Waals surface area contributed by atoms with Crippen LogP contribution in [0.2, 0.25) is 0 Å². The van der Waals surface area contributed by atoms with Crippen LogP contribution in [0.15, 0.2) is 24.3 Å². The van der Waals surface area contributed by atoms with Gasteiger partial charge in [-0.05, 0) is 24.6 Å². The smallest absolute Gasteiger partial charge is 0.374 e. The number of rotatable bonds is 4. The maximum Gasteiger partial charge on any atom is 0.374 e. The fraction of sp³-hybridized carbons (Fsp3) is 0.250. The monoisotopic (exact) mass is 217 g/mol. The lowest BCUT2D eigenvalue weighted by molar-refractivity contribution is -0.153. The van der Waals surface area contributed by atoms with Crippen molar-refractivity contribution in [3.05, 3.63) is 35.4 Å². The van der Waals surface area contributed by atoms with Crippen LogP contribution in [0.5, 0.6) is 0 Å². The maximum absolute atomic E-state index is 11.3. The van der Waals surface area contributed by atoms with E-state index in [4.69, 9.17) is 5.26 Å². The van der Waals surface area contributed by atoms with E-state index in [0.29, 0.717) is 11.1 Å². The average molecular weight is 217 g/mol. The zero-order chi connectivity index (χ0) is 12.0. The van der Waals surface area contributed by atoms with Crippen molar-refractivity contribution < 1.29 is 14.3 Å². The van der Waals surface area contributed by atoms with Crippen LogP contribution >= 0.6 is 0 Å². The minimum atomic E-state index is -0.829. The van der Waals surface area contributed by atoms with Gasteiger partial charge in [-0.25, -0.2) is 4.79 Å². The van der Waals surface area contributed by atoms with Gasteiger partial charge < -0.3 is 4.74 Å². The highest BCUT2D eigenvalue weighted by Crippen LogP contribution is 2.05. The van der Waals surface area contributed by atoms with Crippen LogP contribution in [-0.4, -0.2) is 18.4 Å². The van der Waals surface area contributed by atoms with Crippen LogP contribution in [0, 0.1) is 11.3 Å². The van der Waals surface area contributed by atoms with Crippen molar-refractivity contribution in [2.75, 3.05) is 6.61 Å². The zero-order valence-corrected chi connectivity index (χ0v) is 8.90. The summed E-state index contributed by atoms with van der Waals surface area (Å²) in [6.07, 6.45) is -0.0334. The first-order chi connectivity index (χ1) is 7.67. The topological polar surface area (TPSA) is 67.2 Å². The summed E-state index contributed by atoms with van der Waals surface area (Å²) in [5.41, 5.74) is 1.10. The SMILES string of the molecule is CCOC(=O)C(=O)Cc1cccc(C#N)c1. The van der Waals surface area contributed by atoms with Crippen LogP contribution in [0.25, 0.3) is 0 Å². The Morgan fingerprint density at radius 1 is 1.44 bits per heavy atom. The molecule has 0 unspecified atom stereocenters. The molecule has 0 atom stereocenters. The molecule has 16 heavy (non-hydrogen) atoms. The highest BCUT2D eigenvalue weighted by Gasteiger charge is 2.15. The molecule has 0 N–H and O–H groups in total. The first kappa shape index (κ1) is 11.9. The first-order valence-electron chi connectivity index (χ1n) is 4.86. The fourth-order valence-corrected chi connectivity index (χ4v) is 1.22. The molecule has 1 aromatic carbocycles. The standard InChI is InChI=1S/C12H11NO3/c1-2-16-12(15)11(14)7-9-4-3-5-10(6-9)8-13/h3-6H,2,7H2,1H3. The van der Waals surface area contributed by atoms with Gasteiger partial charge in [0.15, 0.2) is 0 Å². The largest absolute Gasteiger partial charge is 0.460 e. The molecule has 0 bridgehead atoms. The molecule has 0 saturated carbocycles. The summed E-state index contributed by atoms with van der Waals surface area (Å²) in [5, 5.41) is 8.66. The van der Waals surface area contributed by atoms with Gasteiger partial charge in [-0.15, -0.1) is 0 Å². The van der Waals surface area contributed by atoms with Gasteiger partial charge in [0.1, 0.15) is 0 Å². The zero-order valence-electron chi connectivity index (χ0n) is 8.90. The second kappa shape index (κ2) is 5.66. The molecule has 0 spiro atoms. The lowest BCUT2D eigenvalue weighted by Gasteiger charge is -2.01. The highest BCUT2D eigenvalue weighted by atomic mass is 16.5. The van der Waals surface area contributed by atoms with Crippen molar-refractivity contribution in [2.45, 2.75) is 13.3 Å². The minimum absolute atomic E-state index is 0.0334. The normalized spacial score (nSPS) is 9.25. The molecule has 4 nitrogen and oxygen atoms in total. The third kappa shape index (κ3) is 3.21. The van der Waals surface area contributed by atoms with Gasteiger partial charge in [-0.2, -0.15) is 5.26 Å². The number of esters is 1. The summed E-state index contributed by atoms with van der Waals surface area (Å²) in [7, 11) is 0. The van der Waals surface area contributed by atoms with E-state index in [0.717, 1.165) is 0 Å².